The van der Waals surface area contributed by atoms with E-state index < -0.39 is 0 Å². The lowest BCUT2D eigenvalue weighted by Crippen LogP contribution is -2.51. The van der Waals surface area contributed by atoms with Crippen molar-refractivity contribution >= 4 is 5.91 Å². The van der Waals surface area contributed by atoms with Crippen molar-refractivity contribution in [2.75, 3.05) is 26.2 Å². The third-order valence-electron chi connectivity index (χ3n) is 7.02. The highest BCUT2D eigenvalue weighted by atomic mass is 16.2. The van der Waals surface area contributed by atoms with Crippen LogP contribution in [0, 0.1) is 5.92 Å². The first-order valence-corrected chi connectivity index (χ1v) is 11.3. The van der Waals surface area contributed by atoms with Gasteiger partial charge in [0, 0.05) is 37.1 Å². The van der Waals surface area contributed by atoms with Gasteiger partial charge in [-0.3, -0.25) is 19.6 Å². The van der Waals surface area contributed by atoms with Gasteiger partial charge in [-0.1, -0.05) is 13.3 Å². The van der Waals surface area contributed by atoms with Crippen molar-refractivity contribution < 1.29 is 4.79 Å². The van der Waals surface area contributed by atoms with Gasteiger partial charge >= 0.3 is 0 Å². The number of likely N-dealkylation sites (tertiary alicyclic amines) is 2. The number of hydrogen-bond acceptors (Lipinski definition) is 4. The van der Waals surface area contributed by atoms with Crippen LogP contribution in [0.2, 0.25) is 0 Å². The van der Waals surface area contributed by atoms with Crippen LogP contribution < -0.4 is 5.32 Å². The number of rotatable bonds is 7. The molecule has 5 nitrogen and oxygen atoms in total. The molecule has 1 aliphatic carbocycles. The maximum Gasteiger partial charge on any atom is 0.224 e. The third-order valence-corrected chi connectivity index (χ3v) is 7.02. The molecular weight excluding hydrogens is 348 g/mol. The molecule has 0 spiro atoms. The highest BCUT2D eigenvalue weighted by Crippen LogP contribution is 2.40. The average molecular weight is 385 g/mol. The zero-order valence-corrected chi connectivity index (χ0v) is 17.4. The van der Waals surface area contributed by atoms with Crippen LogP contribution in [0.5, 0.6) is 0 Å². The number of pyridine rings is 1. The van der Waals surface area contributed by atoms with Crippen LogP contribution >= 0.6 is 0 Å². The predicted octanol–water partition coefficient (Wildman–Crippen LogP) is 3.21. The Bertz CT molecular complexity index is 637. The Kier molecular flexibility index (Phi) is 6.32. The first kappa shape index (κ1) is 19.8. The molecule has 3 aliphatic rings. The monoisotopic (exact) mass is 384 g/mol. The van der Waals surface area contributed by atoms with Gasteiger partial charge < -0.3 is 5.32 Å². The van der Waals surface area contributed by atoms with E-state index in [2.05, 4.69) is 39.2 Å². The Morgan fingerprint density at radius 1 is 1.18 bits per heavy atom. The van der Waals surface area contributed by atoms with Crippen LogP contribution in [0.25, 0.3) is 0 Å². The van der Waals surface area contributed by atoms with E-state index in [-0.39, 0.29) is 11.5 Å². The lowest BCUT2D eigenvalue weighted by atomic mass is 9.92. The average Bonchev–Trinajstić information content (AvgIpc) is 3.49. The summed E-state index contributed by atoms with van der Waals surface area (Å²) < 4.78 is 0. The molecule has 0 bridgehead atoms. The van der Waals surface area contributed by atoms with Gasteiger partial charge in [0.25, 0.3) is 0 Å². The molecule has 3 heterocycles. The molecule has 1 saturated carbocycles. The number of hydrogen-bond donors (Lipinski definition) is 1. The van der Waals surface area contributed by atoms with Crippen molar-refractivity contribution in [3.8, 4) is 0 Å². The SMILES string of the molecule is CCCC1(NC(=O)[C@@H]2CCCN(C3CCN(Cc4ccncc4)CC3)C2)CC1. The molecule has 0 radical (unpaired) electrons. The number of piperidine rings is 2. The number of aromatic nitrogens is 1. The Morgan fingerprint density at radius 3 is 2.61 bits per heavy atom. The topological polar surface area (TPSA) is 48.5 Å². The maximum absolute atomic E-state index is 12.9. The minimum absolute atomic E-state index is 0.159. The van der Waals surface area contributed by atoms with Crippen LogP contribution in [-0.4, -0.2) is 58.5 Å². The summed E-state index contributed by atoms with van der Waals surface area (Å²) in [6.07, 6.45) is 13.1. The van der Waals surface area contributed by atoms with Gasteiger partial charge in [-0.15, -0.1) is 0 Å². The van der Waals surface area contributed by atoms with Crippen molar-refractivity contribution in [3.05, 3.63) is 30.1 Å². The Morgan fingerprint density at radius 2 is 1.93 bits per heavy atom. The summed E-state index contributed by atoms with van der Waals surface area (Å²) in [5.41, 5.74) is 1.51. The normalized spacial score (nSPS) is 26.1. The summed E-state index contributed by atoms with van der Waals surface area (Å²) >= 11 is 0. The van der Waals surface area contributed by atoms with Gasteiger partial charge in [-0.05, 0) is 82.3 Å². The fourth-order valence-corrected chi connectivity index (χ4v) is 5.17. The Balaban J connectivity index is 1.24. The quantitative estimate of drug-likeness (QED) is 0.784. The Labute approximate surface area is 169 Å². The standard InChI is InChI=1S/C23H36N4O/c1-2-9-23(10-11-23)25-22(28)20-4-3-14-27(18-20)21-7-15-26(16-8-21)17-19-5-12-24-13-6-19/h5-6,12-13,20-21H,2-4,7-11,14-18H2,1H3,(H,25,28)/t20-/m1/s1. The molecule has 0 unspecified atom stereocenters. The third kappa shape index (κ3) is 4.93. The van der Waals surface area contributed by atoms with Gasteiger partial charge in [0.15, 0.2) is 0 Å². The summed E-state index contributed by atoms with van der Waals surface area (Å²) in [5, 5.41) is 3.42. The fourth-order valence-electron chi connectivity index (χ4n) is 5.17. The lowest BCUT2D eigenvalue weighted by Gasteiger charge is -2.42. The molecule has 0 aromatic carbocycles. The predicted molar refractivity (Wildman–Crippen MR) is 112 cm³/mol. The van der Waals surface area contributed by atoms with Gasteiger partial charge in [0.05, 0.1) is 5.92 Å². The maximum atomic E-state index is 12.9. The zero-order valence-electron chi connectivity index (χ0n) is 17.4. The summed E-state index contributed by atoms with van der Waals surface area (Å²) in [6.45, 7) is 7.68. The molecule has 1 aromatic rings. The van der Waals surface area contributed by atoms with E-state index >= 15 is 0 Å². The van der Waals surface area contributed by atoms with Gasteiger partial charge in [0.2, 0.25) is 5.91 Å². The lowest BCUT2D eigenvalue weighted by molar-refractivity contribution is -0.128. The van der Waals surface area contributed by atoms with Crippen LogP contribution in [0.4, 0.5) is 0 Å². The van der Waals surface area contributed by atoms with Crippen molar-refractivity contribution in [1.29, 1.82) is 0 Å². The minimum Gasteiger partial charge on any atom is -0.350 e. The molecule has 3 fully saturated rings. The van der Waals surface area contributed by atoms with Crippen molar-refractivity contribution in [2.45, 2.75) is 76.4 Å². The van der Waals surface area contributed by atoms with Crippen LogP contribution in [0.15, 0.2) is 24.5 Å². The van der Waals surface area contributed by atoms with Crippen LogP contribution in [-0.2, 0) is 11.3 Å². The summed E-state index contributed by atoms with van der Waals surface area (Å²) in [7, 11) is 0. The van der Waals surface area contributed by atoms with Crippen LogP contribution in [0.1, 0.15) is 63.9 Å². The van der Waals surface area contributed by atoms with E-state index in [1.54, 1.807) is 0 Å². The minimum atomic E-state index is 0.159. The van der Waals surface area contributed by atoms with E-state index in [4.69, 9.17) is 0 Å². The number of nitrogens with one attached hydrogen (secondary N) is 1. The second kappa shape index (κ2) is 8.91. The molecule has 5 heteroatoms. The first-order valence-electron chi connectivity index (χ1n) is 11.3. The van der Waals surface area contributed by atoms with Crippen LogP contribution in [0.3, 0.4) is 0 Å². The Hall–Kier alpha value is -1.46. The van der Waals surface area contributed by atoms with E-state index in [0.717, 1.165) is 51.9 Å². The molecule has 1 N–H and O–H groups in total. The molecule has 28 heavy (non-hydrogen) atoms. The molecule has 1 amide bonds. The smallest absolute Gasteiger partial charge is 0.224 e. The van der Waals surface area contributed by atoms with Crippen molar-refractivity contribution in [1.82, 2.24) is 20.1 Å². The number of carbonyl (C=O) groups excluding carboxylic acids is 1. The van der Waals surface area contributed by atoms with E-state index in [0.29, 0.717) is 11.9 Å². The largest absolute Gasteiger partial charge is 0.350 e. The van der Waals surface area contributed by atoms with E-state index in [1.807, 2.05) is 12.4 Å². The van der Waals surface area contributed by atoms with Crippen molar-refractivity contribution in [3.63, 3.8) is 0 Å². The first-order chi connectivity index (χ1) is 13.7. The molecule has 2 saturated heterocycles. The molecule has 154 valence electrons. The van der Waals surface area contributed by atoms with Gasteiger partial charge in [-0.2, -0.15) is 0 Å². The van der Waals surface area contributed by atoms with Gasteiger partial charge in [0.1, 0.15) is 0 Å². The molecule has 2 aliphatic heterocycles. The summed E-state index contributed by atoms with van der Waals surface area (Å²) in [6, 6.07) is 4.88. The van der Waals surface area contributed by atoms with E-state index in [9.17, 15) is 4.79 Å². The second-order valence-corrected chi connectivity index (χ2v) is 9.22. The zero-order chi connectivity index (χ0) is 19.4. The number of nitrogens with zero attached hydrogens (tertiary/aromatic N) is 3. The number of carbonyl (C=O) groups is 1. The fraction of sp³-hybridized carbons (Fsp3) is 0.739. The van der Waals surface area contributed by atoms with E-state index in [1.165, 1.54) is 37.8 Å². The summed E-state index contributed by atoms with van der Waals surface area (Å²) in [5.74, 6) is 0.517. The number of amides is 1. The second-order valence-electron chi connectivity index (χ2n) is 9.22. The highest BCUT2D eigenvalue weighted by molar-refractivity contribution is 5.80. The van der Waals surface area contributed by atoms with Crippen molar-refractivity contribution in [2.24, 2.45) is 5.92 Å². The molecule has 1 atom stereocenters. The molecule has 1 aromatic heterocycles. The van der Waals surface area contributed by atoms with Gasteiger partial charge in [-0.25, -0.2) is 0 Å². The molecule has 4 rings (SSSR count). The summed E-state index contributed by atoms with van der Waals surface area (Å²) in [4.78, 5) is 22.2. The molecular formula is C23H36N4O. The highest BCUT2D eigenvalue weighted by Gasteiger charge is 2.44.